The maximum atomic E-state index is 13.9. The highest BCUT2D eigenvalue weighted by Crippen LogP contribution is 2.30. The van der Waals surface area contributed by atoms with Crippen LogP contribution in [0.15, 0.2) is 53.7 Å². The lowest BCUT2D eigenvalue weighted by Gasteiger charge is -2.25. The van der Waals surface area contributed by atoms with E-state index in [1.165, 1.54) is 29.9 Å². The van der Waals surface area contributed by atoms with Gasteiger partial charge in [0.15, 0.2) is 0 Å². The van der Waals surface area contributed by atoms with Crippen molar-refractivity contribution in [2.24, 2.45) is 5.92 Å². The predicted octanol–water partition coefficient (Wildman–Crippen LogP) is 4.98. The average molecular weight is 508 g/mol. The molecular formula is C29H34FN3O4. The molecule has 1 unspecified atom stereocenters. The van der Waals surface area contributed by atoms with Gasteiger partial charge in [-0.25, -0.2) is 4.39 Å². The standard InChI is InChI=1S/C29H34FN3O4/c1-17(2)9-25(33-8-7-18(3)10-26(33)34)29(36)32-24(14-27(35)37-6)21-13-22(16-31-15-21)28-19(4)11-23(30)12-20(28)5/h7-8,10-13,15-17,24-25H,9,14H2,1-6H3,(H,32,36)/t24-,25?/m0/s1. The minimum absolute atomic E-state index is 0.119. The number of benzene rings is 1. The number of hydrogen-bond acceptors (Lipinski definition) is 5. The molecule has 2 atom stereocenters. The molecule has 0 aliphatic rings. The number of rotatable bonds is 9. The number of carbonyl (C=O) groups is 2. The molecule has 0 aliphatic carbocycles. The Kier molecular flexibility index (Phi) is 8.97. The van der Waals surface area contributed by atoms with Crippen LogP contribution in [0, 0.1) is 32.5 Å². The van der Waals surface area contributed by atoms with Crippen molar-refractivity contribution >= 4 is 11.9 Å². The summed E-state index contributed by atoms with van der Waals surface area (Å²) >= 11 is 0. The first-order chi connectivity index (χ1) is 17.5. The number of carbonyl (C=O) groups excluding carboxylic acids is 2. The minimum Gasteiger partial charge on any atom is -0.469 e. The second kappa shape index (κ2) is 12.0. The Morgan fingerprint density at radius 3 is 2.35 bits per heavy atom. The van der Waals surface area contributed by atoms with Crippen LogP contribution in [0.4, 0.5) is 4.39 Å². The molecule has 3 rings (SSSR count). The third-order valence-electron chi connectivity index (χ3n) is 6.30. The van der Waals surface area contributed by atoms with E-state index in [1.807, 2.05) is 40.7 Å². The summed E-state index contributed by atoms with van der Waals surface area (Å²) in [5, 5.41) is 2.96. The molecule has 3 aromatic rings. The van der Waals surface area contributed by atoms with Crippen LogP contribution >= 0.6 is 0 Å². The zero-order chi connectivity index (χ0) is 27.3. The number of nitrogens with one attached hydrogen (secondary N) is 1. The maximum absolute atomic E-state index is 13.9. The normalized spacial score (nSPS) is 12.8. The van der Waals surface area contributed by atoms with Crippen LogP contribution in [0.5, 0.6) is 0 Å². The Morgan fingerprint density at radius 2 is 1.76 bits per heavy atom. The number of nitrogens with zero attached hydrogens (tertiary/aromatic N) is 2. The summed E-state index contributed by atoms with van der Waals surface area (Å²) < 4.78 is 20.2. The fourth-order valence-corrected chi connectivity index (χ4v) is 4.56. The van der Waals surface area contributed by atoms with Gasteiger partial charge in [-0.3, -0.25) is 19.4 Å². The van der Waals surface area contributed by atoms with E-state index in [2.05, 4.69) is 10.3 Å². The second-order valence-corrected chi connectivity index (χ2v) is 9.86. The van der Waals surface area contributed by atoms with Crippen molar-refractivity contribution in [3.63, 3.8) is 0 Å². The molecule has 0 bridgehead atoms. The summed E-state index contributed by atoms with van der Waals surface area (Å²) in [6.07, 6.45) is 5.20. The Balaban J connectivity index is 2.01. The van der Waals surface area contributed by atoms with Crippen LogP contribution in [0.1, 0.15) is 61.0 Å². The van der Waals surface area contributed by atoms with Gasteiger partial charge in [-0.15, -0.1) is 0 Å². The van der Waals surface area contributed by atoms with Gasteiger partial charge in [-0.1, -0.05) is 13.8 Å². The van der Waals surface area contributed by atoms with Crippen LogP contribution in [0.3, 0.4) is 0 Å². The number of methoxy groups -OCH3 is 1. The fraction of sp³-hybridized carbons (Fsp3) is 0.379. The van der Waals surface area contributed by atoms with Gasteiger partial charge in [-0.05, 0) is 85.2 Å². The first-order valence-corrected chi connectivity index (χ1v) is 12.3. The number of aromatic nitrogens is 2. The monoisotopic (exact) mass is 507 g/mol. The Bertz CT molecular complexity index is 1330. The molecule has 0 spiro atoms. The smallest absolute Gasteiger partial charge is 0.307 e. The highest BCUT2D eigenvalue weighted by atomic mass is 19.1. The zero-order valence-electron chi connectivity index (χ0n) is 22.2. The molecule has 7 nitrogen and oxygen atoms in total. The van der Waals surface area contributed by atoms with Crippen molar-refractivity contribution in [2.45, 2.75) is 59.5 Å². The highest BCUT2D eigenvalue weighted by Gasteiger charge is 2.27. The van der Waals surface area contributed by atoms with Crippen molar-refractivity contribution in [3.8, 4) is 11.1 Å². The van der Waals surface area contributed by atoms with Crippen molar-refractivity contribution in [3.05, 3.63) is 87.3 Å². The summed E-state index contributed by atoms with van der Waals surface area (Å²) in [6, 6.07) is 6.53. The SMILES string of the molecule is COC(=O)C[C@H](NC(=O)C(CC(C)C)n1ccc(C)cc1=O)c1cncc(-c2c(C)cc(F)cc2C)c1. The number of aryl methyl sites for hydroxylation is 3. The number of ether oxygens (including phenoxy) is 1. The zero-order valence-corrected chi connectivity index (χ0v) is 22.2. The van der Waals surface area contributed by atoms with Crippen molar-refractivity contribution in [2.75, 3.05) is 7.11 Å². The molecular weight excluding hydrogens is 473 g/mol. The largest absolute Gasteiger partial charge is 0.469 e. The lowest BCUT2D eigenvalue weighted by Crippen LogP contribution is -2.40. The van der Waals surface area contributed by atoms with Crippen LogP contribution in [-0.4, -0.2) is 28.5 Å². The van der Waals surface area contributed by atoms with E-state index in [1.54, 1.807) is 24.7 Å². The molecule has 0 aliphatic heterocycles. The second-order valence-electron chi connectivity index (χ2n) is 9.86. The lowest BCUT2D eigenvalue weighted by atomic mass is 9.94. The Labute approximate surface area is 216 Å². The Hall–Kier alpha value is -3.81. The summed E-state index contributed by atoms with van der Waals surface area (Å²) in [6.45, 7) is 9.42. The molecule has 1 amide bonds. The van der Waals surface area contributed by atoms with Crippen LogP contribution in [0.25, 0.3) is 11.1 Å². The number of pyridine rings is 2. The molecule has 2 aromatic heterocycles. The molecule has 0 saturated carbocycles. The molecule has 0 fully saturated rings. The molecule has 196 valence electrons. The van der Waals surface area contributed by atoms with E-state index in [-0.39, 0.29) is 29.6 Å². The summed E-state index contributed by atoms with van der Waals surface area (Å²) in [7, 11) is 1.29. The molecule has 8 heteroatoms. The van der Waals surface area contributed by atoms with Gasteiger partial charge >= 0.3 is 5.97 Å². The summed E-state index contributed by atoms with van der Waals surface area (Å²) in [5.41, 5.74) is 4.22. The molecule has 37 heavy (non-hydrogen) atoms. The van der Waals surface area contributed by atoms with Crippen molar-refractivity contribution in [1.29, 1.82) is 0 Å². The number of halogens is 1. The van der Waals surface area contributed by atoms with E-state index >= 15 is 0 Å². The van der Waals surface area contributed by atoms with Crippen LogP contribution in [-0.2, 0) is 14.3 Å². The fourth-order valence-electron chi connectivity index (χ4n) is 4.56. The third kappa shape index (κ3) is 6.90. The van der Waals surface area contributed by atoms with E-state index in [0.717, 1.165) is 27.8 Å². The molecule has 1 N–H and O–H groups in total. The van der Waals surface area contributed by atoms with Gasteiger partial charge in [0.05, 0.1) is 19.6 Å². The summed E-state index contributed by atoms with van der Waals surface area (Å²) in [4.78, 5) is 42.9. The predicted molar refractivity (Wildman–Crippen MR) is 141 cm³/mol. The lowest BCUT2D eigenvalue weighted by molar-refractivity contribution is -0.141. The molecule has 0 radical (unpaired) electrons. The van der Waals surface area contributed by atoms with Gasteiger partial charge < -0.3 is 14.6 Å². The molecule has 1 aromatic carbocycles. The maximum Gasteiger partial charge on any atom is 0.307 e. The highest BCUT2D eigenvalue weighted by molar-refractivity contribution is 5.82. The topological polar surface area (TPSA) is 90.3 Å². The van der Waals surface area contributed by atoms with Gasteiger partial charge in [-0.2, -0.15) is 0 Å². The van der Waals surface area contributed by atoms with E-state index in [4.69, 9.17) is 4.74 Å². The van der Waals surface area contributed by atoms with E-state index < -0.39 is 18.1 Å². The van der Waals surface area contributed by atoms with Gasteiger partial charge in [0.25, 0.3) is 5.56 Å². The third-order valence-corrected chi connectivity index (χ3v) is 6.30. The first-order valence-electron chi connectivity index (χ1n) is 12.3. The number of esters is 1. The quantitative estimate of drug-likeness (QED) is 0.413. The minimum atomic E-state index is -0.758. The number of hydrogen-bond donors (Lipinski definition) is 1. The van der Waals surface area contributed by atoms with Crippen molar-refractivity contribution in [1.82, 2.24) is 14.9 Å². The van der Waals surface area contributed by atoms with Crippen LogP contribution in [0.2, 0.25) is 0 Å². The number of amides is 1. The van der Waals surface area contributed by atoms with E-state index in [9.17, 15) is 18.8 Å². The summed E-state index contributed by atoms with van der Waals surface area (Å²) in [5.74, 6) is -1.07. The van der Waals surface area contributed by atoms with Crippen molar-refractivity contribution < 1.29 is 18.7 Å². The van der Waals surface area contributed by atoms with Crippen LogP contribution < -0.4 is 10.9 Å². The molecule has 0 saturated heterocycles. The first kappa shape index (κ1) is 27.8. The van der Waals surface area contributed by atoms with Gasteiger partial charge in [0.1, 0.15) is 11.9 Å². The van der Waals surface area contributed by atoms with E-state index in [0.29, 0.717) is 12.0 Å². The average Bonchev–Trinajstić information content (AvgIpc) is 2.81. The van der Waals surface area contributed by atoms with Gasteiger partial charge in [0.2, 0.25) is 5.91 Å². The molecule has 2 heterocycles. The van der Waals surface area contributed by atoms with Gasteiger partial charge in [0, 0.05) is 30.2 Å². The Morgan fingerprint density at radius 1 is 1.08 bits per heavy atom.